The Labute approximate surface area is 140 Å². The fourth-order valence-electron chi connectivity index (χ4n) is 1.92. The Bertz CT molecular complexity index is 886. The molecule has 22 heavy (non-hydrogen) atoms. The van der Waals surface area contributed by atoms with Crippen LogP contribution >= 0.6 is 34.8 Å². The van der Waals surface area contributed by atoms with Gasteiger partial charge in [0.2, 0.25) is 5.95 Å². The molecule has 1 aromatic heterocycles. The summed E-state index contributed by atoms with van der Waals surface area (Å²) in [5.74, 6) is 1.28. The van der Waals surface area contributed by atoms with Crippen molar-refractivity contribution in [3.05, 3.63) is 45.4 Å². The SMILES string of the molecule is Nc1nc(N)c2cc(Oc3cc(Cl)c(Cl)cc3Cl)ccc2n1. The molecular formula is C14H9Cl3N4O. The molecule has 1 heterocycles. The van der Waals surface area contributed by atoms with Crippen LogP contribution in [0.3, 0.4) is 0 Å². The largest absolute Gasteiger partial charge is 0.456 e. The monoisotopic (exact) mass is 354 g/mol. The van der Waals surface area contributed by atoms with E-state index in [1.165, 1.54) is 6.07 Å². The Balaban J connectivity index is 2.03. The minimum atomic E-state index is 0.117. The van der Waals surface area contributed by atoms with Crippen molar-refractivity contribution in [3.8, 4) is 11.5 Å². The molecular weight excluding hydrogens is 347 g/mol. The van der Waals surface area contributed by atoms with Gasteiger partial charge in [-0.05, 0) is 24.3 Å². The molecule has 0 aliphatic heterocycles. The minimum absolute atomic E-state index is 0.117. The van der Waals surface area contributed by atoms with E-state index in [4.69, 9.17) is 51.0 Å². The van der Waals surface area contributed by atoms with E-state index in [9.17, 15) is 0 Å². The van der Waals surface area contributed by atoms with Crippen molar-refractivity contribution in [2.45, 2.75) is 0 Å². The van der Waals surface area contributed by atoms with Gasteiger partial charge < -0.3 is 16.2 Å². The fraction of sp³-hybridized carbons (Fsp3) is 0. The van der Waals surface area contributed by atoms with E-state index < -0.39 is 0 Å². The predicted octanol–water partition coefficient (Wildman–Crippen LogP) is 4.55. The summed E-state index contributed by atoms with van der Waals surface area (Å²) in [5, 5.41) is 1.67. The first-order valence-corrected chi connectivity index (χ1v) is 7.22. The van der Waals surface area contributed by atoms with Crippen LogP contribution in [-0.4, -0.2) is 9.97 Å². The van der Waals surface area contributed by atoms with Gasteiger partial charge in [-0.2, -0.15) is 4.98 Å². The standard InChI is InChI=1S/C14H9Cl3N4O/c15-8-4-10(17)12(5-9(8)16)22-6-1-2-11-7(3-6)13(18)21-14(19)20-11/h1-5H,(H4,18,19,20,21). The highest BCUT2D eigenvalue weighted by atomic mass is 35.5. The average molecular weight is 356 g/mol. The number of hydrogen-bond donors (Lipinski definition) is 2. The molecule has 3 rings (SSSR count). The van der Waals surface area contributed by atoms with Crippen molar-refractivity contribution in [3.63, 3.8) is 0 Å². The predicted molar refractivity (Wildman–Crippen MR) is 89.9 cm³/mol. The molecule has 0 fully saturated rings. The van der Waals surface area contributed by atoms with E-state index in [1.807, 2.05) is 0 Å². The van der Waals surface area contributed by atoms with Crippen molar-refractivity contribution in [2.75, 3.05) is 11.5 Å². The zero-order valence-electron chi connectivity index (χ0n) is 11.0. The Morgan fingerprint density at radius 3 is 2.36 bits per heavy atom. The lowest BCUT2D eigenvalue weighted by Gasteiger charge is -2.10. The smallest absolute Gasteiger partial charge is 0.222 e. The molecule has 4 N–H and O–H groups in total. The third kappa shape index (κ3) is 2.83. The van der Waals surface area contributed by atoms with Crippen molar-refractivity contribution in [1.29, 1.82) is 0 Å². The quantitative estimate of drug-likeness (QED) is 0.659. The third-order valence-corrected chi connectivity index (χ3v) is 3.93. The average Bonchev–Trinajstić information content (AvgIpc) is 2.45. The van der Waals surface area contributed by atoms with Crippen molar-refractivity contribution >= 4 is 57.5 Å². The van der Waals surface area contributed by atoms with Gasteiger partial charge in [-0.15, -0.1) is 0 Å². The maximum atomic E-state index is 6.09. The van der Waals surface area contributed by atoms with E-state index in [0.717, 1.165) is 0 Å². The first kappa shape index (κ1) is 15.0. The van der Waals surface area contributed by atoms with Crippen LogP contribution in [-0.2, 0) is 0 Å². The second-order valence-corrected chi connectivity index (χ2v) is 5.67. The van der Waals surface area contributed by atoms with E-state index in [1.54, 1.807) is 24.3 Å². The number of nitrogen functional groups attached to an aromatic ring is 2. The van der Waals surface area contributed by atoms with Crippen LogP contribution in [0, 0.1) is 0 Å². The van der Waals surface area contributed by atoms with Crippen LogP contribution in [0.15, 0.2) is 30.3 Å². The molecule has 0 saturated heterocycles. The second kappa shape index (κ2) is 5.68. The molecule has 2 aromatic carbocycles. The summed E-state index contributed by atoms with van der Waals surface area (Å²) in [7, 11) is 0. The van der Waals surface area contributed by atoms with Crippen molar-refractivity contribution in [1.82, 2.24) is 9.97 Å². The van der Waals surface area contributed by atoms with Crippen LogP contribution in [0.1, 0.15) is 0 Å². The van der Waals surface area contributed by atoms with Crippen LogP contribution in [0.25, 0.3) is 10.9 Å². The molecule has 0 atom stereocenters. The molecule has 0 bridgehead atoms. The molecule has 0 spiro atoms. The van der Waals surface area contributed by atoms with E-state index in [2.05, 4.69) is 9.97 Å². The number of nitrogens with zero attached hydrogens (tertiary/aromatic N) is 2. The molecule has 5 nitrogen and oxygen atoms in total. The Morgan fingerprint density at radius 1 is 0.864 bits per heavy atom. The number of fused-ring (bicyclic) bond motifs is 1. The Morgan fingerprint density at radius 2 is 1.59 bits per heavy atom. The lowest BCUT2D eigenvalue weighted by atomic mass is 10.2. The van der Waals surface area contributed by atoms with Gasteiger partial charge in [0, 0.05) is 11.5 Å². The summed E-state index contributed by atoms with van der Waals surface area (Å²) in [6, 6.07) is 8.19. The molecule has 0 saturated carbocycles. The van der Waals surface area contributed by atoms with Crippen molar-refractivity contribution < 1.29 is 4.74 Å². The summed E-state index contributed by atoms with van der Waals surface area (Å²) < 4.78 is 5.72. The second-order valence-electron chi connectivity index (χ2n) is 4.44. The number of nitrogens with two attached hydrogens (primary N) is 2. The van der Waals surface area contributed by atoms with Gasteiger partial charge in [0.15, 0.2) is 0 Å². The van der Waals surface area contributed by atoms with Gasteiger partial charge in [-0.3, -0.25) is 0 Å². The Hall–Kier alpha value is -1.95. The van der Waals surface area contributed by atoms with Gasteiger partial charge in [-0.25, -0.2) is 4.98 Å². The van der Waals surface area contributed by atoms with Gasteiger partial charge >= 0.3 is 0 Å². The van der Waals surface area contributed by atoms with Crippen LogP contribution in [0.4, 0.5) is 11.8 Å². The van der Waals surface area contributed by atoms with Crippen LogP contribution in [0.2, 0.25) is 15.1 Å². The highest BCUT2D eigenvalue weighted by Gasteiger charge is 2.10. The zero-order valence-corrected chi connectivity index (χ0v) is 13.2. The number of benzene rings is 2. The first-order valence-electron chi connectivity index (χ1n) is 6.09. The van der Waals surface area contributed by atoms with Gasteiger partial charge in [0.25, 0.3) is 0 Å². The third-order valence-electron chi connectivity index (χ3n) is 2.92. The first-order chi connectivity index (χ1) is 10.4. The summed E-state index contributed by atoms with van der Waals surface area (Å²) in [6.45, 7) is 0. The molecule has 112 valence electrons. The number of ether oxygens (including phenoxy) is 1. The molecule has 8 heteroatoms. The molecule has 0 amide bonds. The molecule has 3 aromatic rings. The topological polar surface area (TPSA) is 87.0 Å². The van der Waals surface area contributed by atoms with E-state index >= 15 is 0 Å². The Kier molecular flexibility index (Phi) is 3.87. The lowest BCUT2D eigenvalue weighted by molar-refractivity contribution is 0.483. The summed E-state index contributed by atoms with van der Waals surface area (Å²) in [6.07, 6.45) is 0. The summed E-state index contributed by atoms with van der Waals surface area (Å²) >= 11 is 17.9. The molecule has 0 aliphatic carbocycles. The van der Waals surface area contributed by atoms with Gasteiger partial charge in [0.1, 0.15) is 17.3 Å². The van der Waals surface area contributed by atoms with E-state index in [0.29, 0.717) is 37.5 Å². The maximum Gasteiger partial charge on any atom is 0.222 e. The maximum absolute atomic E-state index is 6.09. The van der Waals surface area contributed by atoms with E-state index in [-0.39, 0.29) is 11.8 Å². The summed E-state index contributed by atoms with van der Waals surface area (Å²) in [4.78, 5) is 8.01. The lowest BCUT2D eigenvalue weighted by Crippen LogP contribution is -2.00. The fourth-order valence-corrected chi connectivity index (χ4v) is 2.50. The zero-order chi connectivity index (χ0) is 15.9. The minimum Gasteiger partial charge on any atom is -0.456 e. The number of halogens is 3. The molecule has 0 aliphatic rings. The highest BCUT2D eigenvalue weighted by molar-refractivity contribution is 6.43. The molecule has 0 radical (unpaired) electrons. The van der Waals surface area contributed by atoms with Crippen LogP contribution < -0.4 is 16.2 Å². The number of anilines is 2. The normalized spacial score (nSPS) is 10.9. The highest BCUT2D eigenvalue weighted by Crippen LogP contribution is 2.37. The summed E-state index contributed by atoms with van der Waals surface area (Å²) in [5.41, 5.74) is 12.0. The van der Waals surface area contributed by atoms with Gasteiger partial charge in [-0.1, -0.05) is 34.8 Å². The molecule has 0 unspecified atom stereocenters. The van der Waals surface area contributed by atoms with Crippen LogP contribution in [0.5, 0.6) is 11.5 Å². The van der Waals surface area contributed by atoms with Crippen molar-refractivity contribution in [2.24, 2.45) is 0 Å². The van der Waals surface area contributed by atoms with Gasteiger partial charge in [0.05, 0.1) is 20.6 Å². The number of hydrogen-bond acceptors (Lipinski definition) is 5. The number of aromatic nitrogens is 2. The number of rotatable bonds is 2.